The smallest absolute Gasteiger partial charge is 0.0166 e. The number of nitrogens with one attached hydrogen (secondary N) is 1. The SMILES string of the molecule is CC.CCNC(C)CN(C)CC. The Morgan fingerprint density at radius 1 is 1.25 bits per heavy atom. The van der Waals surface area contributed by atoms with E-state index in [9.17, 15) is 0 Å². The van der Waals surface area contributed by atoms with Crippen LogP contribution in [0.3, 0.4) is 0 Å². The van der Waals surface area contributed by atoms with Gasteiger partial charge in [0.15, 0.2) is 0 Å². The molecular formula is C10H26N2. The molecule has 0 amide bonds. The van der Waals surface area contributed by atoms with Gasteiger partial charge in [-0.05, 0) is 27.1 Å². The quantitative estimate of drug-likeness (QED) is 0.685. The van der Waals surface area contributed by atoms with Gasteiger partial charge in [-0.15, -0.1) is 0 Å². The molecule has 0 aliphatic carbocycles. The highest BCUT2D eigenvalue weighted by Gasteiger charge is 2.01. The molecule has 0 saturated heterocycles. The van der Waals surface area contributed by atoms with Gasteiger partial charge in [-0.3, -0.25) is 0 Å². The molecule has 0 spiro atoms. The lowest BCUT2D eigenvalue weighted by molar-refractivity contribution is 0.312. The molecule has 2 heteroatoms. The van der Waals surface area contributed by atoms with Crippen LogP contribution in [0, 0.1) is 0 Å². The van der Waals surface area contributed by atoms with Crippen LogP contribution in [0.15, 0.2) is 0 Å². The van der Waals surface area contributed by atoms with Gasteiger partial charge in [0.05, 0.1) is 0 Å². The summed E-state index contributed by atoms with van der Waals surface area (Å²) in [5, 5.41) is 3.37. The normalized spacial score (nSPS) is 12.2. The van der Waals surface area contributed by atoms with Gasteiger partial charge in [-0.1, -0.05) is 27.7 Å². The van der Waals surface area contributed by atoms with E-state index < -0.39 is 0 Å². The summed E-state index contributed by atoms with van der Waals surface area (Å²) in [6, 6.07) is 0.620. The third-order valence-electron chi connectivity index (χ3n) is 1.68. The Balaban J connectivity index is 0. The first-order chi connectivity index (χ1) is 5.70. The van der Waals surface area contributed by atoms with E-state index in [1.54, 1.807) is 0 Å². The second kappa shape index (κ2) is 10.9. The summed E-state index contributed by atoms with van der Waals surface area (Å²) in [4.78, 5) is 2.31. The highest BCUT2D eigenvalue weighted by molar-refractivity contribution is 4.62. The van der Waals surface area contributed by atoms with Crippen molar-refractivity contribution in [2.45, 2.75) is 40.7 Å². The summed E-state index contributed by atoms with van der Waals surface area (Å²) in [5.74, 6) is 0. The van der Waals surface area contributed by atoms with E-state index in [2.05, 4.69) is 38.0 Å². The first-order valence-electron chi connectivity index (χ1n) is 5.12. The summed E-state index contributed by atoms with van der Waals surface area (Å²) >= 11 is 0. The van der Waals surface area contributed by atoms with E-state index >= 15 is 0 Å². The van der Waals surface area contributed by atoms with Gasteiger partial charge in [0, 0.05) is 12.6 Å². The maximum Gasteiger partial charge on any atom is 0.0166 e. The topological polar surface area (TPSA) is 15.3 Å². The molecule has 1 unspecified atom stereocenters. The molecule has 0 aromatic carbocycles. The molecule has 0 fully saturated rings. The molecule has 2 nitrogen and oxygen atoms in total. The second-order valence-electron chi connectivity index (χ2n) is 2.81. The molecule has 0 bridgehead atoms. The molecule has 1 atom stereocenters. The van der Waals surface area contributed by atoms with Crippen LogP contribution in [0.4, 0.5) is 0 Å². The summed E-state index contributed by atoms with van der Waals surface area (Å²) < 4.78 is 0. The van der Waals surface area contributed by atoms with E-state index in [1.165, 1.54) is 0 Å². The molecule has 1 N–H and O–H groups in total. The van der Waals surface area contributed by atoms with Crippen LogP contribution in [0.2, 0.25) is 0 Å². The fourth-order valence-electron chi connectivity index (χ4n) is 1.01. The van der Waals surface area contributed by atoms with E-state index in [0.717, 1.165) is 19.6 Å². The lowest BCUT2D eigenvalue weighted by Gasteiger charge is -2.19. The zero-order valence-electron chi connectivity index (χ0n) is 9.65. The molecule has 12 heavy (non-hydrogen) atoms. The Hall–Kier alpha value is -0.0800. The highest BCUT2D eigenvalue weighted by atomic mass is 15.1. The molecule has 0 heterocycles. The largest absolute Gasteiger partial charge is 0.313 e. The van der Waals surface area contributed by atoms with Crippen LogP contribution >= 0.6 is 0 Å². The Morgan fingerprint density at radius 2 is 1.75 bits per heavy atom. The van der Waals surface area contributed by atoms with Crippen molar-refractivity contribution in [3.05, 3.63) is 0 Å². The summed E-state index contributed by atoms with van der Waals surface area (Å²) in [6.45, 7) is 13.9. The van der Waals surface area contributed by atoms with Gasteiger partial charge in [0.1, 0.15) is 0 Å². The molecular weight excluding hydrogens is 148 g/mol. The molecule has 0 aliphatic heterocycles. The molecule has 76 valence electrons. The minimum absolute atomic E-state index is 0.620. The van der Waals surface area contributed by atoms with Crippen LogP contribution in [0.25, 0.3) is 0 Å². The van der Waals surface area contributed by atoms with Crippen molar-refractivity contribution in [2.24, 2.45) is 0 Å². The highest BCUT2D eigenvalue weighted by Crippen LogP contribution is 1.86. The standard InChI is InChI=1S/C8H20N2.C2H6/c1-5-9-8(3)7-10(4)6-2;1-2/h8-9H,5-7H2,1-4H3;1-2H3. The van der Waals surface area contributed by atoms with Gasteiger partial charge in [0.2, 0.25) is 0 Å². The summed E-state index contributed by atoms with van der Waals surface area (Å²) in [7, 11) is 2.15. The van der Waals surface area contributed by atoms with Gasteiger partial charge in [-0.2, -0.15) is 0 Å². The molecule has 0 rings (SSSR count). The maximum atomic E-state index is 3.37. The molecule has 0 saturated carbocycles. The van der Waals surface area contributed by atoms with E-state index in [-0.39, 0.29) is 0 Å². The average Bonchev–Trinajstić information content (AvgIpc) is 2.08. The predicted octanol–water partition coefficient (Wildman–Crippen LogP) is 1.96. The first-order valence-corrected chi connectivity index (χ1v) is 5.12. The fraction of sp³-hybridized carbons (Fsp3) is 1.00. The fourth-order valence-corrected chi connectivity index (χ4v) is 1.01. The third-order valence-corrected chi connectivity index (χ3v) is 1.68. The molecule has 0 aromatic rings. The van der Waals surface area contributed by atoms with Crippen LogP contribution in [0.1, 0.15) is 34.6 Å². The van der Waals surface area contributed by atoms with Crippen LogP contribution in [-0.4, -0.2) is 37.6 Å². The molecule has 0 aromatic heterocycles. The lowest BCUT2D eigenvalue weighted by atomic mass is 10.3. The Kier molecular flexibility index (Phi) is 13.1. The average molecular weight is 174 g/mol. The predicted molar refractivity (Wildman–Crippen MR) is 57.7 cm³/mol. The summed E-state index contributed by atoms with van der Waals surface area (Å²) in [6.07, 6.45) is 0. The van der Waals surface area contributed by atoms with Crippen molar-refractivity contribution in [3.63, 3.8) is 0 Å². The second-order valence-corrected chi connectivity index (χ2v) is 2.81. The van der Waals surface area contributed by atoms with Crippen LogP contribution in [0.5, 0.6) is 0 Å². The van der Waals surface area contributed by atoms with Gasteiger partial charge < -0.3 is 10.2 Å². The van der Waals surface area contributed by atoms with Crippen molar-refractivity contribution in [1.29, 1.82) is 0 Å². The number of hydrogen-bond acceptors (Lipinski definition) is 2. The Bertz CT molecular complexity index is 74.2. The first kappa shape index (κ1) is 14.4. The zero-order valence-corrected chi connectivity index (χ0v) is 9.65. The number of likely N-dealkylation sites (N-methyl/N-ethyl adjacent to an activating group) is 2. The molecule has 0 radical (unpaired) electrons. The van der Waals surface area contributed by atoms with Crippen LogP contribution < -0.4 is 5.32 Å². The monoisotopic (exact) mass is 174 g/mol. The van der Waals surface area contributed by atoms with E-state index in [1.807, 2.05) is 13.8 Å². The third kappa shape index (κ3) is 9.92. The van der Waals surface area contributed by atoms with E-state index in [0.29, 0.717) is 6.04 Å². The van der Waals surface area contributed by atoms with Crippen molar-refractivity contribution in [3.8, 4) is 0 Å². The minimum Gasteiger partial charge on any atom is -0.313 e. The Morgan fingerprint density at radius 3 is 2.08 bits per heavy atom. The van der Waals surface area contributed by atoms with Crippen molar-refractivity contribution in [2.75, 3.05) is 26.7 Å². The van der Waals surface area contributed by atoms with Crippen LogP contribution in [-0.2, 0) is 0 Å². The van der Waals surface area contributed by atoms with Crippen molar-refractivity contribution < 1.29 is 0 Å². The maximum absolute atomic E-state index is 3.37. The van der Waals surface area contributed by atoms with Crippen molar-refractivity contribution >= 4 is 0 Å². The number of nitrogens with zero attached hydrogens (tertiary/aromatic N) is 1. The zero-order chi connectivity index (χ0) is 9.98. The van der Waals surface area contributed by atoms with Gasteiger partial charge in [0.25, 0.3) is 0 Å². The van der Waals surface area contributed by atoms with E-state index in [4.69, 9.17) is 0 Å². The van der Waals surface area contributed by atoms with Crippen molar-refractivity contribution in [1.82, 2.24) is 10.2 Å². The summed E-state index contributed by atoms with van der Waals surface area (Å²) in [5.41, 5.74) is 0. The molecule has 0 aliphatic rings. The lowest BCUT2D eigenvalue weighted by Crippen LogP contribution is -2.37. The van der Waals surface area contributed by atoms with Gasteiger partial charge >= 0.3 is 0 Å². The Labute approximate surface area is 78.3 Å². The number of hydrogen-bond donors (Lipinski definition) is 1. The minimum atomic E-state index is 0.620. The number of rotatable bonds is 5. The van der Waals surface area contributed by atoms with Gasteiger partial charge in [-0.25, -0.2) is 0 Å².